The molecule has 6 heteroatoms. The Bertz CT molecular complexity index is 617. The fourth-order valence-corrected chi connectivity index (χ4v) is 1.73. The predicted octanol–water partition coefficient (Wildman–Crippen LogP) is 4.02. The van der Waals surface area contributed by atoms with Gasteiger partial charge in [0, 0.05) is 12.0 Å². The van der Waals surface area contributed by atoms with E-state index in [0.29, 0.717) is 28.8 Å². The highest BCUT2D eigenvalue weighted by Gasteiger charge is 2.12. The van der Waals surface area contributed by atoms with Crippen LogP contribution in [0, 0.1) is 18.6 Å². The van der Waals surface area contributed by atoms with E-state index in [2.05, 4.69) is 15.3 Å². The molecule has 0 aliphatic carbocycles. The highest BCUT2D eigenvalue weighted by molar-refractivity contribution is 6.30. The van der Waals surface area contributed by atoms with Crippen molar-refractivity contribution in [2.24, 2.45) is 0 Å². The zero-order chi connectivity index (χ0) is 14.0. The van der Waals surface area contributed by atoms with Gasteiger partial charge in [-0.05, 0) is 19.1 Å². The molecule has 0 atom stereocenters. The Morgan fingerprint density at radius 1 is 1.26 bits per heavy atom. The van der Waals surface area contributed by atoms with Crippen LogP contribution in [0.15, 0.2) is 18.2 Å². The number of nitrogens with zero attached hydrogens (tertiary/aromatic N) is 2. The zero-order valence-corrected chi connectivity index (χ0v) is 11.2. The molecule has 19 heavy (non-hydrogen) atoms. The Labute approximate surface area is 114 Å². The van der Waals surface area contributed by atoms with Gasteiger partial charge in [-0.15, -0.1) is 0 Å². The Hall–Kier alpha value is -1.75. The molecule has 0 radical (unpaired) electrons. The molecule has 0 aliphatic rings. The first-order chi connectivity index (χ1) is 9.02. The molecule has 0 unspecified atom stereocenters. The molecule has 1 heterocycles. The third-order valence-corrected chi connectivity index (χ3v) is 3.02. The van der Waals surface area contributed by atoms with Gasteiger partial charge in [0.15, 0.2) is 11.6 Å². The average Bonchev–Trinajstić information content (AvgIpc) is 2.39. The monoisotopic (exact) mass is 283 g/mol. The molecular formula is C13H12ClF2N3. The fourth-order valence-electron chi connectivity index (χ4n) is 1.54. The van der Waals surface area contributed by atoms with Gasteiger partial charge in [0.1, 0.15) is 16.8 Å². The van der Waals surface area contributed by atoms with Gasteiger partial charge in [-0.2, -0.15) is 0 Å². The average molecular weight is 284 g/mol. The summed E-state index contributed by atoms with van der Waals surface area (Å²) in [5, 5.41) is 3.04. The summed E-state index contributed by atoms with van der Waals surface area (Å²) in [6.45, 7) is 3.59. The molecule has 1 N–H and O–H groups in total. The van der Waals surface area contributed by atoms with Crippen molar-refractivity contribution in [2.45, 2.75) is 20.3 Å². The fraction of sp³-hybridized carbons (Fsp3) is 0.231. The van der Waals surface area contributed by atoms with Crippen LogP contribution in [0.4, 0.5) is 20.3 Å². The third-order valence-electron chi connectivity index (χ3n) is 2.65. The maximum atomic E-state index is 13.6. The van der Waals surface area contributed by atoms with Gasteiger partial charge in [-0.3, -0.25) is 0 Å². The second-order valence-corrected chi connectivity index (χ2v) is 4.34. The molecule has 0 saturated heterocycles. The lowest BCUT2D eigenvalue weighted by Crippen LogP contribution is -2.04. The normalized spacial score (nSPS) is 10.6. The molecule has 0 saturated carbocycles. The van der Waals surface area contributed by atoms with Gasteiger partial charge in [0.2, 0.25) is 0 Å². The maximum absolute atomic E-state index is 13.6. The van der Waals surface area contributed by atoms with Crippen molar-refractivity contribution in [3.63, 3.8) is 0 Å². The summed E-state index contributed by atoms with van der Waals surface area (Å²) in [7, 11) is 0. The van der Waals surface area contributed by atoms with Crippen LogP contribution in [-0.4, -0.2) is 9.97 Å². The number of aromatic nitrogens is 2. The van der Waals surface area contributed by atoms with E-state index >= 15 is 0 Å². The lowest BCUT2D eigenvalue weighted by atomic mass is 10.2. The van der Waals surface area contributed by atoms with E-state index in [4.69, 9.17) is 11.6 Å². The van der Waals surface area contributed by atoms with Gasteiger partial charge in [0.25, 0.3) is 0 Å². The summed E-state index contributed by atoms with van der Waals surface area (Å²) < 4.78 is 26.7. The van der Waals surface area contributed by atoms with Gasteiger partial charge < -0.3 is 5.32 Å². The van der Waals surface area contributed by atoms with Crippen molar-refractivity contribution in [1.29, 1.82) is 0 Å². The number of hydrogen-bond acceptors (Lipinski definition) is 3. The topological polar surface area (TPSA) is 37.8 Å². The highest BCUT2D eigenvalue weighted by atomic mass is 35.5. The first-order valence-corrected chi connectivity index (χ1v) is 6.14. The number of hydrogen-bond donors (Lipinski definition) is 1. The van der Waals surface area contributed by atoms with E-state index < -0.39 is 11.6 Å². The number of nitrogens with one attached hydrogen (secondary N) is 1. The Balaban J connectivity index is 2.43. The van der Waals surface area contributed by atoms with E-state index in [-0.39, 0.29) is 5.69 Å². The Morgan fingerprint density at radius 3 is 2.68 bits per heavy atom. The second-order valence-electron chi connectivity index (χ2n) is 3.98. The van der Waals surface area contributed by atoms with Crippen LogP contribution in [-0.2, 0) is 6.42 Å². The van der Waals surface area contributed by atoms with Crippen LogP contribution in [0.5, 0.6) is 0 Å². The lowest BCUT2D eigenvalue weighted by Gasteiger charge is -2.11. The highest BCUT2D eigenvalue weighted by Crippen LogP contribution is 2.25. The van der Waals surface area contributed by atoms with Crippen LogP contribution >= 0.6 is 11.6 Å². The van der Waals surface area contributed by atoms with E-state index in [1.54, 1.807) is 6.92 Å². The summed E-state index contributed by atoms with van der Waals surface area (Å²) in [6.07, 6.45) is 0.598. The van der Waals surface area contributed by atoms with Crippen molar-refractivity contribution in [3.8, 4) is 0 Å². The smallest absolute Gasteiger partial charge is 0.182 e. The first kappa shape index (κ1) is 13.7. The molecule has 0 spiro atoms. The molecule has 0 aliphatic heterocycles. The zero-order valence-electron chi connectivity index (χ0n) is 10.5. The number of rotatable bonds is 3. The van der Waals surface area contributed by atoms with Crippen LogP contribution < -0.4 is 5.32 Å². The van der Waals surface area contributed by atoms with E-state index in [9.17, 15) is 8.78 Å². The van der Waals surface area contributed by atoms with Crippen LogP contribution in [0.1, 0.15) is 18.3 Å². The number of halogens is 3. The van der Waals surface area contributed by atoms with Crippen LogP contribution in [0.2, 0.25) is 5.15 Å². The van der Waals surface area contributed by atoms with Crippen molar-refractivity contribution in [1.82, 2.24) is 9.97 Å². The van der Waals surface area contributed by atoms with Gasteiger partial charge in [-0.25, -0.2) is 18.7 Å². The molecule has 3 nitrogen and oxygen atoms in total. The number of benzene rings is 1. The van der Waals surface area contributed by atoms with Crippen molar-refractivity contribution < 1.29 is 8.78 Å². The molecule has 0 amide bonds. The largest absolute Gasteiger partial charge is 0.337 e. The molecule has 0 fully saturated rings. The van der Waals surface area contributed by atoms with Crippen LogP contribution in [0.3, 0.4) is 0 Å². The molecule has 2 aromatic rings. The van der Waals surface area contributed by atoms with Crippen LogP contribution in [0.25, 0.3) is 0 Å². The molecule has 2 rings (SSSR count). The predicted molar refractivity (Wildman–Crippen MR) is 70.8 cm³/mol. The molecule has 1 aromatic carbocycles. The Morgan fingerprint density at radius 2 is 2.00 bits per heavy atom. The van der Waals surface area contributed by atoms with Crippen molar-refractivity contribution in [3.05, 3.63) is 46.4 Å². The minimum absolute atomic E-state index is 0.0138. The standard InChI is InChI=1S/C13H12ClF2N3/c1-3-10-18-12(14)7(2)13(19-10)17-9-6-4-5-8(15)11(9)16/h4-6H,3H2,1-2H3,(H,17,18,19). The van der Waals surface area contributed by atoms with E-state index in [0.717, 1.165) is 6.07 Å². The van der Waals surface area contributed by atoms with Gasteiger partial charge in [0.05, 0.1) is 5.69 Å². The summed E-state index contributed by atoms with van der Waals surface area (Å²) in [6, 6.07) is 3.90. The molecule has 0 bridgehead atoms. The summed E-state index contributed by atoms with van der Waals surface area (Å²) in [5.41, 5.74) is 0.599. The second kappa shape index (κ2) is 5.48. The van der Waals surface area contributed by atoms with Gasteiger partial charge in [-0.1, -0.05) is 24.6 Å². The van der Waals surface area contributed by atoms with E-state index in [1.165, 1.54) is 12.1 Å². The lowest BCUT2D eigenvalue weighted by molar-refractivity contribution is 0.511. The maximum Gasteiger partial charge on any atom is 0.182 e. The quantitative estimate of drug-likeness (QED) is 0.865. The number of aryl methyl sites for hydroxylation is 1. The summed E-state index contributed by atoms with van der Waals surface area (Å²) >= 11 is 5.98. The molecule has 100 valence electrons. The summed E-state index contributed by atoms with van der Waals surface area (Å²) in [4.78, 5) is 8.30. The van der Waals surface area contributed by atoms with E-state index in [1.807, 2.05) is 6.92 Å². The third kappa shape index (κ3) is 2.81. The minimum atomic E-state index is -0.949. The Kier molecular flexibility index (Phi) is 3.95. The minimum Gasteiger partial charge on any atom is -0.337 e. The first-order valence-electron chi connectivity index (χ1n) is 5.77. The van der Waals surface area contributed by atoms with Gasteiger partial charge >= 0.3 is 0 Å². The SMILES string of the molecule is CCc1nc(Cl)c(C)c(Nc2cccc(F)c2F)n1. The number of anilines is 2. The molecule has 1 aromatic heterocycles. The molecular weight excluding hydrogens is 272 g/mol. The van der Waals surface area contributed by atoms with Crippen molar-refractivity contribution in [2.75, 3.05) is 5.32 Å². The van der Waals surface area contributed by atoms with Crippen molar-refractivity contribution >= 4 is 23.1 Å². The summed E-state index contributed by atoms with van der Waals surface area (Å²) in [5.74, 6) is -0.954.